The minimum Gasteiger partial charge on any atom is -0.358 e. The molecule has 4 aromatic rings. The number of rotatable bonds is 6. The van der Waals surface area contributed by atoms with Crippen molar-refractivity contribution in [1.82, 2.24) is 35.2 Å². The number of aromatic amines is 1. The summed E-state index contributed by atoms with van der Waals surface area (Å²) in [5.41, 5.74) is 1.76. The van der Waals surface area contributed by atoms with Gasteiger partial charge in [-0.05, 0) is 26.8 Å². The lowest BCUT2D eigenvalue weighted by atomic mass is 10.1. The third-order valence-corrected chi connectivity index (χ3v) is 7.30. The fourth-order valence-electron chi connectivity index (χ4n) is 4.62. The Kier molecular flexibility index (Phi) is 5.82. The normalized spacial score (nSPS) is 19.0. The largest absolute Gasteiger partial charge is 0.358 e. The van der Waals surface area contributed by atoms with Crippen LogP contribution in [0.3, 0.4) is 0 Å². The van der Waals surface area contributed by atoms with Gasteiger partial charge in [0.25, 0.3) is 0 Å². The smallest absolute Gasteiger partial charge is 0.229 e. The van der Waals surface area contributed by atoms with Crippen LogP contribution in [0.25, 0.3) is 10.7 Å². The molecule has 4 aromatic heterocycles. The van der Waals surface area contributed by atoms with Crippen LogP contribution in [0.5, 0.6) is 0 Å². The molecule has 35 heavy (non-hydrogen) atoms. The zero-order valence-corrected chi connectivity index (χ0v) is 20.6. The van der Waals surface area contributed by atoms with Crippen LogP contribution in [-0.2, 0) is 0 Å². The van der Waals surface area contributed by atoms with E-state index in [0.717, 1.165) is 85.2 Å². The zero-order valence-electron chi connectivity index (χ0n) is 19.8. The molecule has 11 nitrogen and oxygen atoms in total. The maximum atomic E-state index is 5.78. The molecule has 2 aliphatic rings. The number of hydrogen-bond donors (Lipinski definition) is 2. The molecule has 182 valence electrons. The minimum atomic E-state index is 0.0272. The van der Waals surface area contributed by atoms with Gasteiger partial charge in [0.2, 0.25) is 5.95 Å². The molecule has 0 amide bonds. The first-order valence-corrected chi connectivity index (χ1v) is 12.7. The van der Waals surface area contributed by atoms with Crippen molar-refractivity contribution in [2.45, 2.75) is 25.8 Å². The Morgan fingerprint density at radius 1 is 1.09 bits per heavy atom. The van der Waals surface area contributed by atoms with Gasteiger partial charge >= 0.3 is 0 Å². The topological polar surface area (TPSA) is 115 Å². The van der Waals surface area contributed by atoms with Gasteiger partial charge in [0.1, 0.15) is 22.3 Å². The van der Waals surface area contributed by atoms with Gasteiger partial charge in [0.05, 0.1) is 6.04 Å². The van der Waals surface area contributed by atoms with Crippen LogP contribution < -0.4 is 15.1 Å². The van der Waals surface area contributed by atoms with E-state index in [-0.39, 0.29) is 6.04 Å². The van der Waals surface area contributed by atoms with E-state index in [1.807, 2.05) is 30.5 Å². The number of H-pyrrole nitrogens is 1. The van der Waals surface area contributed by atoms with Crippen molar-refractivity contribution >= 4 is 34.7 Å². The van der Waals surface area contributed by atoms with Gasteiger partial charge in [-0.3, -0.25) is 5.10 Å². The van der Waals surface area contributed by atoms with Crippen LogP contribution in [0.2, 0.25) is 0 Å². The molecule has 2 fully saturated rings. The summed E-state index contributed by atoms with van der Waals surface area (Å²) in [6.45, 7) is 6.69. The second-order valence-electron chi connectivity index (χ2n) is 9.07. The SMILES string of the molecule is Cc1cc(Nc2cc(N3CCN(C)CC3)nc(N3CCC[C@H]3c3cc(-c4nccs4)no3)n2)n[nH]1. The Morgan fingerprint density at radius 3 is 2.74 bits per heavy atom. The number of hydrogen-bond acceptors (Lipinski definition) is 11. The van der Waals surface area contributed by atoms with E-state index in [2.05, 4.69) is 47.4 Å². The lowest BCUT2D eigenvalue weighted by Crippen LogP contribution is -2.45. The number of thiazole rings is 1. The van der Waals surface area contributed by atoms with Crippen LogP contribution in [0.15, 0.2) is 34.3 Å². The average molecular weight is 493 g/mol. The van der Waals surface area contributed by atoms with Crippen LogP contribution >= 0.6 is 11.3 Å². The Hall–Kier alpha value is -3.51. The Bertz CT molecular complexity index is 1280. The Balaban J connectivity index is 1.32. The Morgan fingerprint density at radius 2 is 1.97 bits per heavy atom. The Labute approximate surface area is 207 Å². The number of nitrogens with zero attached hydrogens (tertiary/aromatic N) is 8. The molecule has 0 aliphatic carbocycles. The molecule has 2 N–H and O–H groups in total. The van der Waals surface area contributed by atoms with Crippen LogP contribution in [0.1, 0.15) is 30.3 Å². The number of anilines is 4. The lowest BCUT2D eigenvalue weighted by molar-refractivity contribution is 0.312. The third-order valence-electron chi connectivity index (χ3n) is 6.51. The fraction of sp³-hybridized carbons (Fsp3) is 0.435. The first-order chi connectivity index (χ1) is 17.1. The molecule has 0 spiro atoms. The third kappa shape index (κ3) is 4.58. The van der Waals surface area contributed by atoms with Crippen molar-refractivity contribution < 1.29 is 4.52 Å². The van der Waals surface area contributed by atoms with Gasteiger partial charge in [-0.15, -0.1) is 11.3 Å². The number of piperazine rings is 1. The van der Waals surface area contributed by atoms with Crippen molar-refractivity contribution in [2.24, 2.45) is 0 Å². The second-order valence-corrected chi connectivity index (χ2v) is 9.96. The van der Waals surface area contributed by atoms with E-state index >= 15 is 0 Å². The van der Waals surface area contributed by atoms with Crippen LogP contribution in [0, 0.1) is 6.92 Å². The van der Waals surface area contributed by atoms with E-state index in [1.54, 1.807) is 17.5 Å². The molecule has 2 aliphatic heterocycles. The van der Waals surface area contributed by atoms with Crippen molar-refractivity contribution in [1.29, 1.82) is 0 Å². The van der Waals surface area contributed by atoms with Crippen LogP contribution in [-0.4, -0.2) is 75.0 Å². The van der Waals surface area contributed by atoms with Gasteiger partial charge in [0, 0.05) is 68.2 Å². The highest BCUT2D eigenvalue weighted by atomic mass is 32.1. The predicted molar refractivity (Wildman–Crippen MR) is 135 cm³/mol. The summed E-state index contributed by atoms with van der Waals surface area (Å²) >= 11 is 1.55. The summed E-state index contributed by atoms with van der Waals surface area (Å²) < 4.78 is 5.78. The van der Waals surface area contributed by atoms with E-state index in [1.165, 1.54) is 0 Å². The summed E-state index contributed by atoms with van der Waals surface area (Å²) in [4.78, 5) is 21.2. The van der Waals surface area contributed by atoms with Crippen molar-refractivity contribution in [3.05, 3.63) is 41.2 Å². The van der Waals surface area contributed by atoms with Crippen molar-refractivity contribution in [3.8, 4) is 10.7 Å². The number of nitrogens with one attached hydrogen (secondary N) is 2. The molecule has 6 rings (SSSR count). The molecule has 12 heteroatoms. The maximum Gasteiger partial charge on any atom is 0.229 e. The summed E-state index contributed by atoms with van der Waals surface area (Å²) in [5.74, 6) is 3.88. The van der Waals surface area contributed by atoms with Gasteiger partial charge in [0.15, 0.2) is 11.6 Å². The number of likely N-dealkylation sites (N-methyl/N-ethyl adjacent to an activating group) is 1. The molecular formula is C23H28N10OS. The molecule has 2 saturated heterocycles. The highest BCUT2D eigenvalue weighted by Gasteiger charge is 2.32. The summed E-state index contributed by atoms with van der Waals surface area (Å²) in [7, 11) is 2.15. The zero-order chi connectivity index (χ0) is 23.8. The first-order valence-electron chi connectivity index (χ1n) is 11.9. The van der Waals surface area contributed by atoms with Gasteiger partial charge < -0.3 is 24.5 Å². The summed E-state index contributed by atoms with van der Waals surface area (Å²) in [5, 5.41) is 17.7. The second kappa shape index (κ2) is 9.27. The number of aryl methyl sites for hydroxylation is 1. The maximum absolute atomic E-state index is 5.78. The highest BCUT2D eigenvalue weighted by Crippen LogP contribution is 2.37. The van der Waals surface area contributed by atoms with Gasteiger partial charge in [-0.1, -0.05) is 5.16 Å². The molecule has 0 aromatic carbocycles. The molecule has 0 saturated carbocycles. The van der Waals surface area contributed by atoms with Crippen molar-refractivity contribution in [2.75, 3.05) is 54.9 Å². The van der Waals surface area contributed by atoms with Gasteiger partial charge in [-0.25, -0.2) is 4.98 Å². The summed E-state index contributed by atoms with van der Waals surface area (Å²) in [6.07, 6.45) is 3.76. The molecule has 0 unspecified atom stereocenters. The van der Waals surface area contributed by atoms with E-state index in [9.17, 15) is 0 Å². The molecule has 0 radical (unpaired) electrons. The predicted octanol–water partition coefficient (Wildman–Crippen LogP) is 3.46. The van der Waals surface area contributed by atoms with E-state index < -0.39 is 0 Å². The average Bonchev–Trinajstić information content (AvgIpc) is 3.66. The highest BCUT2D eigenvalue weighted by molar-refractivity contribution is 7.13. The molecular weight excluding hydrogens is 464 g/mol. The monoisotopic (exact) mass is 492 g/mol. The standard InChI is InChI=1S/C23H28N10OS/c1-15-12-20(29-28-15)25-19-14-21(32-9-7-31(2)8-10-32)27-23(26-19)33-6-3-4-17(33)18-13-16(30-34-18)22-24-5-11-35-22/h5,11-14,17H,3-4,6-10H2,1-2H3,(H2,25,26,27,28,29)/t17-/m0/s1. The fourth-order valence-corrected chi connectivity index (χ4v) is 5.21. The molecule has 1 atom stereocenters. The van der Waals surface area contributed by atoms with E-state index in [4.69, 9.17) is 14.5 Å². The molecule has 6 heterocycles. The first kappa shape index (κ1) is 22.0. The number of aromatic nitrogens is 6. The quantitative estimate of drug-likeness (QED) is 0.415. The van der Waals surface area contributed by atoms with Crippen LogP contribution in [0.4, 0.5) is 23.4 Å². The van der Waals surface area contributed by atoms with Gasteiger partial charge in [-0.2, -0.15) is 15.1 Å². The van der Waals surface area contributed by atoms with E-state index in [0.29, 0.717) is 5.95 Å². The minimum absolute atomic E-state index is 0.0272. The lowest BCUT2D eigenvalue weighted by Gasteiger charge is -2.34. The molecule has 0 bridgehead atoms. The summed E-state index contributed by atoms with van der Waals surface area (Å²) in [6, 6.07) is 6.00. The van der Waals surface area contributed by atoms with Crippen molar-refractivity contribution in [3.63, 3.8) is 0 Å².